The van der Waals surface area contributed by atoms with E-state index in [9.17, 15) is 9.59 Å². The van der Waals surface area contributed by atoms with Gasteiger partial charge in [0.25, 0.3) is 11.8 Å². The van der Waals surface area contributed by atoms with Gasteiger partial charge in [0, 0.05) is 11.8 Å². The predicted octanol–water partition coefficient (Wildman–Crippen LogP) is 3.29. The molecule has 148 valence electrons. The van der Waals surface area contributed by atoms with Crippen LogP contribution in [0.3, 0.4) is 0 Å². The van der Waals surface area contributed by atoms with Crippen LogP contribution in [0, 0.1) is 0 Å². The lowest BCUT2D eigenvalue weighted by Crippen LogP contribution is -2.54. The standard InChI is InChI=1S/C22H16N4O3S/c23-19-13-24-11-10-14(19)12-18-20(27)25-22(30)26(21(18)28)15-6-8-17(9-7-15)29-16-4-2-1-3-5-16/h1-13H,23H2,(H,25,27,30). The first-order chi connectivity index (χ1) is 14.5. The summed E-state index contributed by atoms with van der Waals surface area (Å²) in [6, 6.07) is 17.8. The second kappa shape index (κ2) is 8.14. The number of amides is 2. The number of carbonyl (C=O) groups excluding carboxylic acids is 2. The number of anilines is 2. The lowest BCUT2D eigenvalue weighted by Gasteiger charge is -2.29. The molecule has 0 aliphatic carbocycles. The molecule has 3 N–H and O–H groups in total. The number of hydrogen-bond donors (Lipinski definition) is 2. The fourth-order valence-corrected chi connectivity index (χ4v) is 3.17. The zero-order valence-corrected chi connectivity index (χ0v) is 16.4. The summed E-state index contributed by atoms with van der Waals surface area (Å²) in [5.74, 6) is 0.171. The molecule has 0 bridgehead atoms. The van der Waals surface area contributed by atoms with Crippen LogP contribution in [-0.2, 0) is 9.59 Å². The normalized spacial score (nSPS) is 15.3. The number of ether oxygens (including phenoxy) is 1. The van der Waals surface area contributed by atoms with Gasteiger partial charge < -0.3 is 10.5 Å². The Morgan fingerprint density at radius 1 is 1.00 bits per heavy atom. The first-order valence-electron chi connectivity index (χ1n) is 8.97. The van der Waals surface area contributed by atoms with Gasteiger partial charge >= 0.3 is 0 Å². The van der Waals surface area contributed by atoms with Gasteiger partial charge in [-0.3, -0.25) is 24.8 Å². The van der Waals surface area contributed by atoms with E-state index in [-0.39, 0.29) is 10.7 Å². The molecular weight excluding hydrogens is 400 g/mol. The number of thiocarbonyl (C=S) groups is 1. The Hall–Kier alpha value is -4.04. The number of carbonyl (C=O) groups is 2. The van der Waals surface area contributed by atoms with Crippen molar-refractivity contribution < 1.29 is 14.3 Å². The number of hydrogen-bond acceptors (Lipinski definition) is 6. The first kappa shape index (κ1) is 19.3. The van der Waals surface area contributed by atoms with Gasteiger partial charge in [-0.25, -0.2) is 0 Å². The zero-order chi connectivity index (χ0) is 21.1. The lowest BCUT2D eigenvalue weighted by atomic mass is 10.1. The minimum Gasteiger partial charge on any atom is -0.457 e. The van der Waals surface area contributed by atoms with Crippen LogP contribution in [0.1, 0.15) is 5.56 Å². The molecule has 1 saturated heterocycles. The van der Waals surface area contributed by atoms with Crippen molar-refractivity contribution in [3.8, 4) is 11.5 Å². The van der Waals surface area contributed by atoms with Crippen molar-refractivity contribution in [1.82, 2.24) is 10.3 Å². The molecule has 0 spiro atoms. The minimum absolute atomic E-state index is 0.00146. The lowest BCUT2D eigenvalue weighted by molar-refractivity contribution is -0.122. The van der Waals surface area contributed by atoms with Crippen LogP contribution in [0.25, 0.3) is 6.08 Å². The van der Waals surface area contributed by atoms with Crippen LogP contribution in [0.15, 0.2) is 78.6 Å². The molecular formula is C22H16N4O3S. The Morgan fingerprint density at radius 2 is 1.70 bits per heavy atom. The Morgan fingerprint density at radius 3 is 2.40 bits per heavy atom. The Balaban J connectivity index is 1.61. The highest BCUT2D eigenvalue weighted by Crippen LogP contribution is 2.27. The summed E-state index contributed by atoms with van der Waals surface area (Å²) in [6.45, 7) is 0. The van der Waals surface area contributed by atoms with Gasteiger partial charge in [0.05, 0.1) is 17.6 Å². The molecule has 0 atom stereocenters. The van der Waals surface area contributed by atoms with E-state index < -0.39 is 11.8 Å². The van der Waals surface area contributed by atoms with Crippen LogP contribution in [-0.4, -0.2) is 21.9 Å². The topological polar surface area (TPSA) is 97.5 Å². The molecule has 3 aromatic rings. The van der Waals surface area contributed by atoms with Crippen molar-refractivity contribution in [3.05, 3.63) is 84.2 Å². The Bertz CT molecular complexity index is 1160. The van der Waals surface area contributed by atoms with E-state index in [0.717, 1.165) is 0 Å². The van der Waals surface area contributed by atoms with Crippen molar-refractivity contribution in [2.75, 3.05) is 10.6 Å². The number of aromatic nitrogens is 1. The molecule has 1 fully saturated rings. The first-order valence-corrected chi connectivity index (χ1v) is 9.37. The number of nitrogens with two attached hydrogens (primary N) is 1. The second-order valence-corrected chi connectivity index (χ2v) is 6.76. The third-order valence-corrected chi connectivity index (χ3v) is 4.65. The summed E-state index contributed by atoms with van der Waals surface area (Å²) in [5, 5.41) is 2.55. The van der Waals surface area contributed by atoms with Crippen molar-refractivity contribution in [2.45, 2.75) is 0 Å². The third kappa shape index (κ3) is 3.89. The monoisotopic (exact) mass is 416 g/mol. The average molecular weight is 416 g/mol. The molecule has 2 aromatic carbocycles. The number of nitrogens with zero attached hydrogens (tertiary/aromatic N) is 2. The second-order valence-electron chi connectivity index (χ2n) is 6.37. The summed E-state index contributed by atoms with van der Waals surface area (Å²) in [7, 11) is 0. The van der Waals surface area contributed by atoms with Crippen molar-refractivity contribution in [2.24, 2.45) is 0 Å². The van der Waals surface area contributed by atoms with Crippen LogP contribution in [0.4, 0.5) is 11.4 Å². The predicted molar refractivity (Wildman–Crippen MR) is 118 cm³/mol. The molecule has 0 unspecified atom stereocenters. The SMILES string of the molecule is Nc1cnccc1C=C1C(=O)NC(=S)N(c2ccc(Oc3ccccc3)cc2)C1=O. The van der Waals surface area contributed by atoms with E-state index in [1.54, 1.807) is 30.3 Å². The Labute approximate surface area is 177 Å². The van der Waals surface area contributed by atoms with Gasteiger partial charge in [-0.1, -0.05) is 18.2 Å². The van der Waals surface area contributed by atoms with E-state index in [2.05, 4.69) is 10.3 Å². The van der Waals surface area contributed by atoms with Crippen LogP contribution >= 0.6 is 12.2 Å². The number of nitrogens with one attached hydrogen (secondary N) is 1. The van der Waals surface area contributed by atoms with Crippen molar-refractivity contribution >= 4 is 46.6 Å². The van der Waals surface area contributed by atoms with Gasteiger partial charge in [-0.2, -0.15) is 0 Å². The maximum Gasteiger partial charge on any atom is 0.270 e. The summed E-state index contributed by atoms with van der Waals surface area (Å²) in [4.78, 5) is 30.6. The van der Waals surface area contributed by atoms with E-state index >= 15 is 0 Å². The van der Waals surface area contributed by atoms with Crippen LogP contribution in [0.2, 0.25) is 0 Å². The van der Waals surface area contributed by atoms with E-state index in [1.807, 2.05) is 30.3 Å². The molecule has 1 aromatic heterocycles. The van der Waals surface area contributed by atoms with Crippen molar-refractivity contribution in [1.29, 1.82) is 0 Å². The molecule has 8 heteroatoms. The van der Waals surface area contributed by atoms with E-state index in [1.165, 1.54) is 23.4 Å². The molecule has 0 radical (unpaired) electrons. The maximum absolute atomic E-state index is 13.1. The van der Waals surface area contributed by atoms with Gasteiger partial charge in [-0.05, 0) is 60.8 Å². The van der Waals surface area contributed by atoms with Gasteiger partial charge in [0.15, 0.2) is 5.11 Å². The van der Waals surface area contributed by atoms with Crippen molar-refractivity contribution in [3.63, 3.8) is 0 Å². The fourth-order valence-electron chi connectivity index (χ4n) is 2.88. The number of pyridine rings is 1. The minimum atomic E-state index is -0.582. The number of benzene rings is 2. The summed E-state index contributed by atoms with van der Waals surface area (Å²) < 4.78 is 5.77. The maximum atomic E-state index is 13.1. The molecule has 2 amide bonds. The largest absolute Gasteiger partial charge is 0.457 e. The zero-order valence-electron chi connectivity index (χ0n) is 15.6. The molecule has 0 saturated carbocycles. The average Bonchev–Trinajstić information content (AvgIpc) is 2.74. The molecule has 30 heavy (non-hydrogen) atoms. The highest BCUT2D eigenvalue weighted by molar-refractivity contribution is 7.80. The number of nitrogen functional groups attached to an aromatic ring is 1. The molecule has 2 heterocycles. The van der Waals surface area contributed by atoms with Gasteiger partial charge in [-0.15, -0.1) is 0 Å². The fraction of sp³-hybridized carbons (Fsp3) is 0. The van der Waals surface area contributed by atoms with Crippen LogP contribution in [0.5, 0.6) is 11.5 Å². The molecule has 7 nitrogen and oxygen atoms in total. The van der Waals surface area contributed by atoms with Crippen LogP contribution < -0.4 is 20.7 Å². The highest BCUT2D eigenvalue weighted by atomic mass is 32.1. The smallest absolute Gasteiger partial charge is 0.270 e. The quantitative estimate of drug-likeness (QED) is 0.385. The molecule has 4 rings (SSSR count). The highest BCUT2D eigenvalue weighted by Gasteiger charge is 2.34. The summed E-state index contributed by atoms with van der Waals surface area (Å²) >= 11 is 5.22. The molecule has 1 aliphatic rings. The summed E-state index contributed by atoms with van der Waals surface area (Å²) in [5.41, 5.74) is 7.17. The van der Waals surface area contributed by atoms with E-state index in [4.69, 9.17) is 22.7 Å². The molecule has 1 aliphatic heterocycles. The third-order valence-electron chi connectivity index (χ3n) is 4.36. The van der Waals surface area contributed by atoms with E-state index in [0.29, 0.717) is 28.4 Å². The number of rotatable bonds is 4. The van der Waals surface area contributed by atoms with Gasteiger partial charge in [0.1, 0.15) is 17.1 Å². The Kier molecular flexibility index (Phi) is 5.23. The number of para-hydroxylation sites is 1. The van der Waals surface area contributed by atoms with Gasteiger partial charge in [0.2, 0.25) is 0 Å². The summed E-state index contributed by atoms with van der Waals surface area (Å²) in [6.07, 6.45) is 4.41.